The molecule has 2 amide bonds. The first-order chi connectivity index (χ1) is 11.6. The normalized spacial score (nSPS) is 10.2. The van der Waals surface area contributed by atoms with Crippen molar-refractivity contribution in [2.24, 2.45) is 0 Å². The first-order valence-corrected chi connectivity index (χ1v) is 8.32. The van der Waals surface area contributed by atoms with Crippen LogP contribution in [0.3, 0.4) is 0 Å². The van der Waals surface area contributed by atoms with Crippen molar-refractivity contribution in [2.75, 3.05) is 11.9 Å². The largest absolute Gasteiger partial charge is 0.352 e. The summed E-state index contributed by atoms with van der Waals surface area (Å²) in [6, 6.07) is 15.2. The van der Waals surface area contributed by atoms with Crippen molar-refractivity contribution < 1.29 is 9.59 Å². The lowest BCUT2D eigenvalue weighted by Crippen LogP contribution is -2.25. The van der Waals surface area contributed by atoms with E-state index in [0.717, 1.165) is 12.0 Å². The van der Waals surface area contributed by atoms with Gasteiger partial charge in [-0.2, -0.15) is 0 Å². The molecular weight excluding hydrogens is 300 g/mol. The predicted molar refractivity (Wildman–Crippen MR) is 97.2 cm³/mol. The third-order valence-corrected chi connectivity index (χ3v) is 3.74. The topological polar surface area (TPSA) is 58.2 Å². The summed E-state index contributed by atoms with van der Waals surface area (Å²) >= 11 is 0. The van der Waals surface area contributed by atoms with Gasteiger partial charge in [0.2, 0.25) is 5.91 Å². The fraction of sp³-hybridized carbons (Fsp3) is 0.300. The average Bonchev–Trinajstić information content (AvgIpc) is 2.59. The molecule has 4 heteroatoms. The highest BCUT2D eigenvalue weighted by atomic mass is 16.2. The van der Waals surface area contributed by atoms with Crippen LogP contribution in [0.25, 0.3) is 0 Å². The fourth-order valence-corrected chi connectivity index (χ4v) is 2.35. The number of carbonyl (C=O) groups is 2. The van der Waals surface area contributed by atoms with E-state index in [-0.39, 0.29) is 11.8 Å². The minimum Gasteiger partial charge on any atom is -0.352 e. The minimum atomic E-state index is -0.161. The van der Waals surface area contributed by atoms with Crippen LogP contribution in [0.1, 0.15) is 41.3 Å². The molecule has 2 N–H and O–H groups in total. The van der Waals surface area contributed by atoms with Crippen LogP contribution in [0.15, 0.2) is 48.5 Å². The van der Waals surface area contributed by atoms with Crippen molar-refractivity contribution >= 4 is 17.5 Å². The van der Waals surface area contributed by atoms with Gasteiger partial charge in [0.25, 0.3) is 5.91 Å². The molecule has 0 saturated heterocycles. The van der Waals surface area contributed by atoms with Gasteiger partial charge >= 0.3 is 0 Å². The predicted octanol–water partition coefficient (Wildman–Crippen LogP) is 3.71. The Labute approximate surface area is 143 Å². The maximum Gasteiger partial charge on any atom is 0.253 e. The van der Waals surface area contributed by atoms with E-state index in [1.165, 1.54) is 5.56 Å². The third kappa shape index (κ3) is 5.23. The molecule has 0 saturated carbocycles. The van der Waals surface area contributed by atoms with Crippen LogP contribution in [0, 0.1) is 6.92 Å². The summed E-state index contributed by atoms with van der Waals surface area (Å²) in [7, 11) is 0. The molecule has 0 aromatic heterocycles. The molecule has 2 aromatic rings. The van der Waals surface area contributed by atoms with E-state index in [1.54, 1.807) is 18.2 Å². The van der Waals surface area contributed by atoms with Crippen LogP contribution in [0.2, 0.25) is 0 Å². The van der Waals surface area contributed by atoms with Crippen LogP contribution in [0.5, 0.6) is 0 Å². The smallest absolute Gasteiger partial charge is 0.253 e. The van der Waals surface area contributed by atoms with Gasteiger partial charge in [0.1, 0.15) is 0 Å². The summed E-state index contributed by atoms with van der Waals surface area (Å²) in [5.74, 6) is -0.252. The average molecular weight is 324 g/mol. The maximum absolute atomic E-state index is 12.2. The standard InChI is InChI=1S/C20H24N2O2/c1-3-14-21-20(24)17-6-4-5-7-18(17)22-19(23)13-12-16-10-8-15(2)9-11-16/h4-11H,3,12-14H2,1-2H3,(H,21,24)(H,22,23). The zero-order chi connectivity index (χ0) is 17.4. The van der Waals surface area contributed by atoms with E-state index in [4.69, 9.17) is 0 Å². The Kier molecular flexibility index (Phi) is 6.55. The summed E-state index contributed by atoms with van der Waals surface area (Å²) in [6.45, 7) is 4.66. The molecule has 0 atom stereocenters. The number of aryl methyl sites for hydroxylation is 2. The molecule has 24 heavy (non-hydrogen) atoms. The number of amides is 2. The van der Waals surface area contributed by atoms with Gasteiger partial charge in [-0.1, -0.05) is 48.9 Å². The molecule has 4 nitrogen and oxygen atoms in total. The van der Waals surface area contributed by atoms with E-state index in [2.05, 4.69) is 10.6 Å². The molecule has 0 unspecified atom stereocenters. The van der Waals surface area contributed by atoms with Crippen molar-refractivity contribution in [1.82, 2.24) is 5.32 Å². The Hall–Kier alpha value is -2.62. The number of carbonyl (C=O) groups excluding carboxylic acids is 2. The number of nitrogens with one attached hydrogen (secondary N) is 2. The molecule has 0 bridgehead atoms. The minimum absolute atomic E-state index is 0.0914. The Morgan fingerprint density at radius 3 is 2.42 bits per heavy atom. The molecule has 0 radical (unpaired) electrons. The summed E-state index contributed by atoms with van der Waals surface area (Å²) < 4.78 is 0. The second-order valence-corrected chi connectivity index (χ2v) is 5.84. The van der Waals surface area contributed by atoms with Gasteiger partial charge in [0.05, 0.1) is 11.3 Å². The summed E-state index contributed by atoms with van der Waals surface area (Å²) in [5, 5.41) is 5.68. The maximum atomic E-state index is 12.2. The zero-order valence-electron chi connectivity index (χ0n) is 14.3. The van der Waals surface area contributed by atoms with Gasteiger partial charge in [-0.3, -0.25) is 9.59 Å². The first kappa shape index (κ1) is 17.7. The second-order valence-electron chi connectivity index (χ2n) is 5.84. The van der Waals surface area contributed by atoms with Gasteiger partial charge < -0.3 is 10.6 Å². The first-order valence-electron chi connectivity index (χ1n) is 8.32. The highest BCUT2D eigenvalue weighted by Gasteiger charge is 2.12. The Morgan fingerprint density at radius 1 is 1.00 bits per heavy atom. The molecule has 126 valence electrons. The van der Waals surface area contributed by atoms with Gasteiger partial charge in [-0.15, -0.1) is 0 Å². The SMILES string of the molecule is CCCNC(=O)c1ccccc1NC(=O)CCc1ccc(C)cc1. The quantitative estimate of drug-likeness (QED) is 0.816. The van der Waals surface area contributed by atoms with E-state index in [1.807, 2.05) is 44.2 Å². The zero-order valence-corrected chi connectivity index (χ0v) is 14.3. The molecule has 0 aliphatic carbocycles. The highest BCUT2D eigenvalue weighted by molar-refractivity contribution is 6.03. The number of anilines is 1. The molecular formula is C20H24N2O2. The third-order valence-electron chi connectivity index (χ3n) is 3.74. The number of rotatable bonds is 7. The fourth-order valence-electron chi connectivity index (χ4n) is 2.35. The van der Waals surface area contributed by atoms with E-state index >= 15 is 0 Å². The monoisotopic (exact) mass is 324 g/mol. The second kappa shape index (κ2) is 8.87. The molecule has 0 aliphatic rings. The summed E-state index contributed by atoms with van der Waals surface area (Å²) in [6.07, 6.45) is 1.93. The van der Waals surface area contributed by atoms with Crippen LogP contribution in [0.4, 0.5) is 5.69 Å². The Bertz CT molecular complexity index is 693. The molecule has 0 spiro atoms. The van der Waals surface area contributed by atoms with Gasteiger partial charge in [0, 0.05) is 13.0 Å². The lowest BCUT2D eigenvalue weighted by Gasteiger charge is -2.11. The van der Waals surface area contributed by atoms with Crippen LogP contribution in [-0.4, -0.2) is 18.4 Å². The molecule has 0 aliphatic heterocycles. The van der Waals surface area contributed by atoms with Crippen molar-refractivity contribution in [3.63, 3.8) is 0 Å². The van der Waals surface area contributed by atoms with Crippen molar-refractivity contribution in [2.45, 2.75) is 33.1 Å². The molecule has 0 fully saturated rings. The van der Waals surface area contributed by atoms with Gasteiger partial charge in [-0.25, -0.2) is 0 Å². The van der Waals surface area contributed by atoms with Crippen LogP contribution < -0.4 is 10.6 Å². The molecule has 2 aromatic carbocycles. The number of benzene rings is 2. The Morgan fingerprint density at radius 2 is 1.71 bits per heavy atom. The van der Waals surface area contributed by atoms with E-state index < -0.39 is 0 Å². The summed E-state index contributed by atoms with van der Waals surface area (Å²) in [4.78, 5) is 24.4. The van der Waals surface area contributed by atoms with E-state index in [0.29, 0.717) is 30.6 Å². The number of hydrogen-bond donors (Lipinski definition) is 2. The van der Waals surface area contributed by atoms with Crippen molar-refractivity contribution in [3.8, 4) is 0 Å². The van der Waals surface area contributed by atoms with E-state index in [9.17, 15) is 9.59 Å². The number of para-hydroxylation sites is 1. The van der Waals surface area contributed by atoms with Gasteiger partial charge in [-0.05, 0) is 37.5 Å². The van der Waals surface area contributed by atoms with Crippen LogP contribution in [-0.2, 0) is 11.2 Å². The molecule has 0 heterocycles. The molecule has 2 rings (SSSR count). The Balaban J connectivity index is 1.96. The van der Waals surface area contributed by atoms with Crippen molar-refractivity contribution in [1.29, 1.82) is 0 Å². The van der Waals surface area contributed by atoms with Crippen molar-refractivity contribution in [3.05, 3.63) is 65.2 Å². The lowest BCUT2D eigenvalue weighted by atomic mass is 10.1. The van der Waals surface area contributed by atoms with Crippen LogP contribution >= 0.6 is 0 Å². The lowest BCUT2D eigenvalue weighted by molar-refractivity contribution is -0.116. The summed E-state index contributed by atoms with van der Waals surface area (Å²) in [5.41, 5.74) is 3.38. The number of hydrogen-bond acceptors (Lipinski definition) is 2. The highest BCUT2D eigenvalue weighted by Crippen LogP contribution is 2.16. The van der Waals surface area contributed by atoms with Gasteiger partial charge in [0.15, 0.2) is 0 Å².